The fraction of sp³-hybridized carbons (Fsp3) is 0.222. The Balaban J connectivity index is 1.64. The number of benzene rings is 1. The van der Waals surface area contributed by atoms with E-state index in [-0.39, 0.29) is 12.2 Å². The van der Waals surface area contributed by atoms with Crippen LogP contribution < -0.4 is 0 Å². The lowest BCUT2D eigenvalue weighted by Crippen LogP contribution is -2.07. The van der Waals surface area contributed by atoms with E-state index < -0.39 is 0 Å². The fourth-order valence-electron chi connectivity index (χ4n) is 2.34. The first-order valence-electron chi connectivity index (χ1n) is 7.50. The average molecular weight is 323 g/mol. The summed E-state index contributed by atoms with van der Waals surface area (Å²) in [5.74, 6) is 0.00191. The van der Waals surface area contributed by atoms with Crippen molar-refractivity contribution in [2.75, 3.05) is 0 Å². The number of aromatic nitrogens is 3. The molecule has 0 saturated carbocycles. The number of Topliss-reactive ketones (excluding diaryl/α,β-unsaturated/α-hetero) is 1. The number of hydrogen-bond donors (Lipinski definition) is 0. The topological polar surface area (TPSA) is 55.7 Å². The largest absolute Gasteiger partial charge is 0.292 e. The van der Waals surface area contributed by atoms with E-state index in [2.05, 4.69) is 27.1 Å². The van der Waals surface area contributed by atoms with Crippen molar-refractivity contribution in [1.29, 1.82) is 0 Å². The van der Waals surface area contributed by atoms with E-state index in [1.165, 1.54) is 23.2 Å². The first-order chi connectivity index (χ1) is 11.2. The lowest BCUT2D eigenvalue weighted by molar-refractivity contribution is 0.0987. The third kappa shape index (κ3) is 4.29. The van der Waals surface area contributed by atoms with Crippen molar-refractivity contribution in [2.45, 2.75) is 26.2 Å². The minimum Gasteiger partial charge on any atom is -0.292 e. The summed E-state index contributed by atoms with van der Waals surface area (Å²) in [6.07, 6.45) is 3.57. The molecule has 2 aromatic heterocycles. The molecule has 2 heterocycles. The van der Waals surface area contributed by atoms with Crippen LogP contribution in [0.5, 0.6) is 0 Å². The molecule has 0 aliphatic carbocycles. The summed E-state index contributed by atoms with van der Waals surface area (Å²) in [5, 5.41) is 2.70. The highest BCUT2D eigenvalue weighted by Gasteiger charge is 2.12. The van der Waals surface area contributed by atoms with Crippen LogP contribution >= 0.6 is 11.3 Å². The van der Waals surface area contributed by atoms with Crippen molar-refractivity contribution in [3.05, 3.63) is 75.8 Å². The van der Waals surface area contributed by atoms with E-state index in [0.717, 1.165) is 29.2 Å². The third-order valence-electron chi connectivity index (χ3n) is 3.54. The minimum atomic E-state index is 0.00191. The maximum absolute atomic E-state index is 12.2. The molecule has 0 radical (unpaired) electrons. The Morgan fingerprint density at radius 1 is 1.09 bits per heavy atom. The predicted octanol–water partition coefficient (Wildman–Crippen LogP) is 3.45. The molecule has 3 rings (SSSR count). The molecular formula is C18H17N3OS. The van der Waals surface area contributed by atoms with Crippen LogP contribution in [-0.2, 0) is 19.3 Å². The van der Waals surface area contributed by atoms with E-state index in [0.29, 0.717) is 5.69 Å². The summed E-state index contributed by atoms with van der Waals surface area (Å²) >= 11 is 1.49. The van der Waals surface area contributed by atoms with Gasteiger partial charge in [0.05, 0.1) is 17.1 Å². The number of carbonyl (C=O) groups is 1. The van der Waals surface area contributed by atoms with Gasteiger partial charge in [-0.25, -0.2) is 15.0 Å². The van der Waals surface area contributed by atoms with Gasteiger partial charge >= 0.3 is 0 Å². The molecule has 0 unspecified atom stereocenters. The van der Waals surface area contributed by atoms with Crippen LogP contribution in [0.15, 0.2) is 48.1 Å². The molecule has 4 nitrogen and oxygen atoms in total. The van der Waals surface area contributed by atoms with Crippen molar-refractivity contribution in [2.24, 2.45) is 0 Å². The number of hydrogen-bond acceptors (Lipinski definition) is 5. The number of rotatable bonds is 6. The Morgan fingerprint density at radius 2 is 1.87 bits per heavy atom. The van der Waals surface area contributed by atoms with Gasteiger partial charge < -0.3 is 0 Å². The zero-order valence-electron chi connectivity index (χ0n) is 12.9. The molecule has 0 N–H and O–H groups in total. The molecular weight excluding hydrogens is 306 g/mol. The van der Waals surface area contributed by atoms with Gasteiger partial charge in [0.25, 0.3) is 0 Å². The van der Waals surface area contributed by atoms with Gasteiger partial charge in [0, 0.05) is 11.1 Å². The number of nitrogens with zero attached hydrogens (tertiary/aromatic N) is 3. The Kier molecular flexibility index (Phi) is 4.88. The maximum atomic E-state index is 12.2. The van der Waals surface area contributed by atoms with Crippen molar-refractivity contribution in [3.63, 3.8) is 0 Å². The van der Waals surface area contributed by atoms with Crippen LogP contribution in [0, 0.1) is 6.92 Å². The molecule has 0 aliphatic rings. The van der Waals surface area contributed by atoms with Crippen LogP contribution in [0.1, 0.15) is 32.4 Å². The molecule has 0 atom stereocenters. The second kappa shape index (κ2) is 7.24. The Morgan fingerprint density at radius 3 is 2.61 bits per heavy atom. The van der Waals surface area contributed by atoms with Crippen LogP contribution in [-0.4, -0.2) is 20.7 Å². The Hall–Kier alpha value is -2.40. The van der Waals surface area contributed by atoms with E-state index in [1.807, 2.05) is 31.2 Å². The summed E-state index contributed by atoms with van der Waals surface area (Å²) in [6, 6.07) is 12.2. The molecule has 0 amide bonds. The van der Waals surface area contributed by atoms with E-state index in [9.17, 15) is 4.79 Å². The Bertz CT molecular complexity index is 799. The number of aryl methyl sites for hydroxylation is 3. The van der Waals surface area contributed by atoms with E-state index in [4.69, 9.17) is 0 Å². The summed E-state index contributed by atoms with van der Waals surface area (Å²) in [6.45, 7) is 1.90. The summed E-state index contributed by atoms with van der Waals surface area (Å²) in [4.78, 5) is 24.9. The van der Waals surface area contributed by atoms with E-state index in [1.54, 1.807) is 5.38 Å². The van der Waals surface area contributed by atoms with Gasteiger partial charge in [-0.2, -0.15) is 0 Å². The molecule has 0 bridgehead atoms. The molecule has 0 spiro atoms. The highest BCUT2D eigenvalue weighted by atomic mass is 32.1. The number of thiazole rings is 1. The third-order valence-corrected chi connectivity index (χ3v) is 4.31. The fourth-order valence-corrected chi connectivity index (χ4v) is 2.96. The second-order valence-corrected chi connectivity index (χ2v) is 6.40. The number of carbonyl (C=O) groups excluding carboxylic acids is 1. The second-order valence-electron chi connectivity index (χ2n) is 5.34. The Labute approximate surface area is 139 Å². The first kappa shape index (κ1) is 15.5. The lowest BCUT2D eigenvalue weighted by Gasteiger charge is -2.03. The normalized spacial score (nSPS) is 10.7. The zero-order chi connectivity index (χ0) is 16.1. The molecule has 1 aromatic carbocycles. The smallest absolute Gasteiger partial charge is 0.187 e. The quantitative estimate of drug-likeness (QED) is 0.652. The van der Waals surface area contributed by atoms with Gasteiger partial charge in [0.1, 0.15) is 12.0 Å². The average Bonchev–Trinajstić information content (AvgIpc) is 3.01. The van der Waals surface area contributed by atoms with E-state index >= 15 is 0 Å². The number of ketones is 1. The maximum Gasteiger partial charge on any atom is 0.187 e. The standard InChI is InChI=1S/C18H17N3OS/c1-13-21-17(11-23-13)18(22)10-16-9-15(19-12-20-16)8-7-14-5-3-2-4-6-14/h2-6,9,11-12H,7-8,10H2,1H3. The molecule has 0 fully saturated rings. The molecule has 3 aromatic rings. The van der Waals surface area contributed by atoms with Gasteiger partial charge in [-0.05, 0) is 31.4 Å². The zero-order valence-corrected chi connectivity index (χ0v) is 13.7. The molecule has 23 heavy (non-hydrogen) atoms. The van der Waals surface area contributed by atoms with Gasteiger partial charge in [-0.1, -0.05) is 30.3 Å². The van der Waals surface area contributed by atoms with Crippen molar-refractivity contribution in [3.8, 4) is 0 Å². The van der Waals surface area contributed by atoms with Gasteiger partial charge in [-0.15, -0.1) is 11.3 Å². The van der Waals surface area contributed by atoms with Crippen LogP contribution in [0.2, 0.25) is 0 Å². The van der Waals surface area contributed by atoms with Crippen LogP contribution in [0.4, 0.5) is 0 Å². The van der Waals surface area contributed by atoms with Gasteiger partial charge in [-0.3, -0.25) is 4.79 Å². The monoisotopic (exact) mass is 323 g/mol. The van der Waals surface area contributed by atoms with Crippen molar-refractivity contribution >= 4 is 17.1 Å². The SMILES string of the molecule is Cc1nc(C(=O)Cc2cc(CCc3ccccc3)ncn2)cs1. The highest BCUT2D eigenvalue weighted by Crippen LogP contribution is 2.12. The highest BCUT2D eigenvalue weighted by molar-refractivity contribution is 7.09. The summed E-state index contributed by atoms with van der Waals surface area (Å²) in [7, 11) is 0. The van der Waals surface area contributed by atoms with Gasteiger partial charge in [0.2, 0.25) is 0 Å². The molecule has 0 saturated heterocycles. The molecule has 116 valence electrons. The van der Waals surface area contributed by atoms with Crippen LogP contribution in [0.25, 0.3) is 0 Å². The lowest BCUT2D eigenvalue weighted by atomic mass is 10.1. The summed E-state index contributed by atoms with van der Waals surface area (Å²) < 4.78 is 0. The van der Waals surface area contributed by atoms with Gasteiger partial charge in [0.15, 0.2) is 5.78 Å². The van der Waals surface area contributed by atoms with Crippen LogP contribution in [0.3, 0.4) is 0 Å². The van der Waals surface area contributed by atoms with Crippen molar-refractivity contribution < 1.29 is 4.79 Å². The first-order valence-corrected chi connectivity index (χ1v) is 8.38. The predicted molar refractivity (Wildman–Crippen MR) is 90.8 cm³/mol. The minimum absolute atomic E-state index is 0.00191. The molecule has 5 heteroatoms. The van der Waals surface area contributed by atoms with Crippen molar-refractivity contribution in [1.82, 2.24) is 15.0 Å². The summed E-state index contributed by atoms with van der Waals surface area (Å²) in [5.41, 5.74) is 3.51. The molecule has 0 aliphatic heterocycles.